The van der Waals surface area contributed by atoms with Gasteiger partial charge in [0.05, 0.1) is 5.69 Å². The number of anilines is 1. The number of carbonyl (C=O) groups excluding carboxylic acids is 3. The molecule has 0 atom stereocenters. The van der Waals surface area contributed by atoms with Gasteiger partial charge in [-0.25, -0.2) is 9.69 Å². The predicted molar refractivity (Wildman–Crippen MR) is 92.2 cm³/mol. The summed E-state index contributed by atoms with van der Waals surface area (Å²) < 4.78 is 0.865. The standard InChI is InChI=1S/C16H11BrN2O3S/c1-9-2-4-11(5-3-9)19-15(21)13(14(20)18-16(19)22)7-12-6-10(17)8-23-12/h2-8H,1H3,(H,18,20,22)/b13-7+. The van der Waals surface area contributed by atoms with E-state index in [0.29, 0.717) is 5.69 Å². The van der Waals surface area contributed by atoms with Crippen LogP contribution in [0.4, 0.5) is 10.5 Å². The van der Waals surface area contributed by atoms with Crippen LogP contribution in [0.25, 0.3) is 6.08 Å². The highest BCUT2D eigenvalue weighted by molar-refractivity contribution is 9.10. The maximum Gasteiger partial charge on any atom is 0.335 e. The third-order valence-electron chi connectivity index (χ3n) is 3.27. The lowest BCUT2D eigenvalue weighted by atomic mass is 10.1. The number of barbiturate groups is 1. The van der Waals surface area contributed by atoms with Gasteiger partial charge in [-0.15, -0.1) is 11.3 Å². The number of hydrogen-bond acceptors (Lipinski definition) is 4. The van der Waals surface area contributed by atoms with Crippen LogP contribution in [-0.4, -0.2) is 17.8 Å². The normalized spacial score (nSPS) is 16.9. The summed E-state index contributed by atoms with van der Waals surface area (Å²) in [4.78, 5) is 38.4. The Morgan fingerprint density at radius 2 is 1.87 bits per heavy atom. The van der Waals surface area contributed by atoms with Crippen molar-refractivity contribution in [1.82, 2.24) is 5.32 Å². The van der Waals surface area contributed by atoms with Crippen molar-refractivity contribution >= 4 is 56.9 Å². The Morgan fingerprint density at radius 1 is 1.17 bits per heavy atom. The molecule has 7 heteroatoms. The minimum absolute atomic E-state index is 0.0699. The number of aryl methyl sites for hydroxylation is 1. The molecular weight excluding hydrogens is 380 g/mol. The van der Waals surface area contributed by atoms with Crippen molar-refractivity contribution in [1.29, 1.82) is 0 Å². The number of thiophene rings is 1. The first-order chi connectivity index (χ1) is 11.0. The van der Waals surface area contributed by atoms with Gasteiger partial charge >= 0.3 is 6.03 Å². The molecule has 1 aliphatic rings. The number of hydrogen-bond donors (Lipinski definition) is 1. The number of nitrogens with one attached hydrogen (secondary N) is 1. The molecular formula is C16H11BrN2O3S. The average molecular weight is 391 g/mol. The number of halogens is 1. The van der Waals surface area contributed by atoms with Gasteiger partial charge in [0.2, 0.25) is 0 Å². The molecule has 4 amide bonds. The average Bonchev–Trinajstić information content (AvgIpc) is 2.91. The van der Waals surface area contributed by atoms with E-state index in [1.807, 2.05) is 12.3 Å². The number of imide groups is 2. The molecule has 1 fully saturated rings. The third kappa shape index (κ3) is 3.11. The van der Waals surface area contributed by atoms with Crippen molar-refractivity contribution < 1.29 is 14.4 Å². The molecule has 1 N–H and O–H groups in total. The lowest BCUT2D eigenvalue weighted by molar-refractivity contribution is -0.122. The van der Waals surface area contributed by atoms with Gasteiger partial charge in [-0.2, -0.15) is 0 Å². The van der Waals surface area contributed by atoms with Crippen LogP contribution < -0.4 is 10.2 Å². The van der Waals surface area contributed by atoms with Crippen molar-refractivity contribution in [3.63, 3.8) is 0 Å². The summed E-state index contributed by atoms with van der Waals surface area (Å²) in [6, 6.07) is 7.99. The van der Waals surface area contributed by atoms with Crippen molar-refractivity contribution in [2.24, 2.45) is 0 Å². The van der Waals surface area contributed by atoms with Gasteiger partial charge in [0.1, 0.15) is 5.57 Å². The van der Waals surface area contributed by atoms with E-state index in [-0.39, 0.29) is 5.57 Å². The molecule has 2 aromatic rings. The maximum absolute atomic E-state index is 12.6. The second-order valence-electron chi connectivity index (χ2n) is 4.96. The zero-order valence-corrected chi connectivity index (χ0v) is 14.4. The third-order valence-corrected chi connectivity index (χ3v) is 4.91. The van der Waals surface area contributed by atoms with E-state index < -0.39 is 17.8 Å². The molecule has 0 saturated carbocycles. The second kappa shape index (κ2) is 6.10. The highest BCUT2D eigenvalue weighted by Crippen LogP contribution is 2.25. The molecule has 0 unspecified atom stereocenters. The first-order valence-electron chi connectivity index (χ1n) is 6.68. The van der Waals surface area contributed by atoms with Crippen molar-refractivity contribution in [2.75, 3.05) is 4.90 Å². The highest BCUT2D eigenvalue weighted by atomic mass is 79.9. The van der Waals surface area contributed by atoms with Crippen LogP contribution >= 0.6 is 27.3 Å². The monoisotopic (exact) mass is 390 g/mol. The Kier molecular flexibility index (Phi) is 4.14. The Balaban J connectivity index is 2.00. The van der Waals surface area contributed by atoms with E-state index in [9.17, 15) is 14.4 Å². The van der Waals surface area contributed by atoms with Gasteiger partial charge < -0.3 is 0 Å². The molecule has 1 aromatic carbocycles. The van der Waals surface area contributed by atoms with Crippen LogP contribution in [0, 0.1) is 6.92 Å². The molecule has 23 heavy (non-hydrogen) atoms. The number of urea groups is 1. The van der Waals surface area contributed by atoms with Crippen LogP contribution in [-0.2, 0) is 9.59 Å². The predicted octanol–water partition coefficient (Wildman–Crippen LogP) is 3.49. The quantitative estimate of drug-likeness (QED) is 0.630. The summed E-state index contributed by atoms with van der Waals surface area (Å²) in [5.41, 5.74) is 1.36. The number of amides is 4. The molecule has 1 aromatic heterocycles. The molecule has 1 saturated heterocycles. The van der Waals surface area contributed by atoms with E-state index in [1.54, 1.807) is 30.3 Å². The first kappa shape index (κ1) is 15.6. The summed E-state index contributed by atoms with van der Waals surface area (Å²) in [6.45, 7) is 1.91. The topological polar surface area (TPSA) is 66.5 Å². The molecule has 5 nitrogen and oxygen atoms in total. The summed E-state index contributed by atoms with van der Waals surface area (Å²) >= 11 is 4.71. The zero-order valence-electron chi connectivity index (χ0n) is 12.0. The fourth-order valence-electron chi connectivity index (χ4n) is 2.13. The van der Waals surface area contributed by atoms with Crippen molar-refractivity contribution in [2.45, 2.75) is 6.92 Å². The Morgan fingerprint density at radius 3 is 2.48 bits per heavy atom. The van der Waals surface area contributed by atoms with Gasteiger partial charge in [-0.05, 0) is 47.1 Å². The van der Waals surface area contributed by atoms with Crippen molar-refractivity contribution in [3.05, 3.63) is 56.2 Å². The van der Waals surface area contributed by atoms with Crippen LogP contribution in [0.3, 0.4) is 0 Å². The lowest BCUT2D eigenvalue weighted by Gasteiger charge is -2.26. The van der Waals surface area contributed by atoms with Gasteiger partial charge in [0.15, 0.2) is 0 Å². The SMILES string of the molecule is Cc1ccc(N2C(=O)NC(=O)/C(=C\c3cc(Br)cs3)C2=O)cc1. The maximum atomic E-state index is 12.6. The summed E-state index contributed by atoms with van der Waals surface area (Å²) in [5, 5.41) is 4.05. The van der Waals surface area contributed by atoms with E-state index in [4.69, 9.17) is 0 Å². The van der Waals surface area contributed by atoms with E-state index in [2.05, 4.69) is 21.2 Å². The largest absolute Gasteiger partial charge is 0.335 e. The molecule has 0 bridgehead atoms. The van der Waals surface area contributed by atoms with Crippen LogP contribution in [0.5, 0.6) is 0 Å². The van der Waals surface area contributed by atoms with Gasteiger partial charge in [-0.1, -0.05) is 17.7 Å². The zero-order chi connectivity index (χ0) is 16.6. The van der Waals surface area contributed by atoms with Crippen LogP contribution in [0.2, 0.25) is 0 Å². The number of nitrogens with zero attached hydrogens (tertiary/aromatic N) is 1. The molecule has 2 heterocycles. The molecule has 116 valence electrons. The number of benzene rings is 1. The summed E-state index contributed by atoms with van der Waals surface area (Å²) in [5.74, 6) is -1.32. The molecule has 0 radical (unpaired) electrons. The van der Waals surface area contributed by atoms with Crippen LogP contribution in [0.15, 0.2) is 45.8 Å². The molecule has 0 aliphatic carbocycles. The van der Waals surface area contributed by atoms with E-state index in [0.717, 1.165) is 19.8 Å². The molecule has 0 spiro atoms. The van der Waals surface area contributed by atoms with Crippen molar-refractivity contribution in [3.8, 4) is 0 Å². The number of carbonyl (C=O) groups is 3. The smallest absolute Gasteiger partial charge is 0.273 e. The fourth-order valence-corrected chi connectivity index (χ4v) is 3.51. The van der Waals surface area contributed by atoms with E-state index in [1.165, 1.54) is 17.4 Å². The second-order valence-corrected chi connectivity index (χ2v) is 6.82. The Labute approximate surface area is 144 Å². The Hall–Kier alpha value is -2.25. The first-order valence-corrected chi connectivity index (χ1v) is 8.35. The molecule has 3 rings (SSSR count). The molecule has 1 aliphatic heterocycles. The summed E-state index contributed by atoms with van der Waals surface area (Å²) in [6.07, 6.45) is 1.49. The minimum Gasteiger partial charge on any atom is -0.273 e. The highest BCUT2D eigenvalue weighted by Gasteiger charge is 2.36. The van der Waals surface area contributed by atoms with E-state index >= 15 is 0 Å². The fraction of sp³-hybridized carbons (Fsp3) is 0.0625. The minimum atomic E-state index is -0.742. The van der Waals surface area contributed by atoms with Gasteiger partial charge in [0, 0.05) is 14.7 Å². The summed E-state index contributed by atoms with van der Waals surface area (Å²) in [7, 11) is 0. The van der Waals surface area contributed by atoms with Crippen LogP contribution in [0.1, 0.15) is 10.4 Å². The van der Waals surface area contributed by atoms with Gasteiger partial charge in [0.25, 0.3) is 11.8 Å². The van der Waals surface area contributed by atoms with Gasteiger partial charge in [-0.3, -0.25) is 14.9 Å². The number of rotatable bonds is 2. The Bertz CT molecular complexity index is 839. The lowest BCUT2D eigenvalue weighted by Crippen LogP contribution is -2.54.